The van der Waals surface area contributed by atoms with E-state index in [4.69, 9.17) is 11.6 Å². The summed E-state index contributed by atoms with van der Waals surface area (Å²) in [5.41, 5.74) is 0. The molecule has 0 saturated heterocycles. The van der Waals surface area contributed by atoms with Crippen molar-refractivity contribution in [2.45, 2.75) is 25.8 Å². The number of halogens is 1. The topological polar surface area (TPSA) is 78.9 Å². The van der Waals surface area contributed by atoms with Crippen LogP contribution in [0, 0.1) is 0 Å². The van der Waals surface area contributed by atoms with Gasteiger partial charge in [0.2, 0.25) is 11.9 Å². The molecule has 3 N–H and O–H groups in total. The van der Waals surface area contributed by atoms with Crippen molar-refractivity contribution in [3.63, 3.8) is 0 Å². The van der Waals surface area contributed by atoms with Crippen molar-refractivity contribution in [1.29, 1.82) is 0 Å². The molecule has 2 rings (SSSR count). The summed E-state index contributed by atoms with van der Waals surface area (Å²) in [7, 11) is 0. The zero-order valence-corrected chi connectivity index (χ0v) is 10.9. The molecule has 0 unspecified atom stereocenters. The standard InChI is InChI=1S/C11H16ClN5O/c1-2-13-11-15-5-8(12)10(17-11)14-6-9(18)16-7-3-4-7/h5,7H,2-4,6H2,1H3,(H,16,18)(H2,13,14,15,17). The van der Waals surface area contributed by atoms with Crippen molar-refractivity contribution in [3.8, 4) is 0 Å². The Bertz CT molecular complexity index is 435. The van der Waals surface area contributed by atoms with Gasteiger partial charge >= 0.3 is 0 Å². The van der Waals surface area contributed by atoms with Crippen LogP contribution in [0.1, 0.15) is 19.8 Å². The van der Waals surface area contributed by atoms with Crippen molar-refractivity contribution >= 4 is 29.3 Å². The predicted molar refractivity (Wildman–Crippen MR) is 70.9 cm³/mol. The van der Waals surface area contributed by atoms with Crippen LogP contribution in [-0.4, -0.2) is 35.0 Å². The fourth-order valence-electron chi connectivity index (χ4n) is 1.40. The van der Waals surface area contributed by atoms with Crippen molar-refractivity contribution in [2.75, 3.05) is 23.7 Å². The number of carbonyl (C=O) groups is 1. The van der Waals surface area contributed by atoms with E-state index in [2.05, 4.69) is 25.9 Å². The molecule has 6 nitrogen and oxygen atoms in total. The van der Waals surface area contributed by atoms with Gasteiger partial charge in [0.25, 0.3) is 0 Å². The van der Waals surface area contributed by atoms with E-state index in [0.29, 0.717) is 22.8 Å². The molecule has 1 saturated carbocycles. The molecule has 0 aromatic carbocycles. The van der Waals surface area contributed by atoms with Crippen LogP contribution >= 0.6 is 11.6 Å². The van der Waals surface area contributed by atoms with E-state index in [1.54, 1.807) is 0 Å². The van der Waals surface area contributed by atoms with Crippen LogP contribution < -0.4 is 16.0 Å². The number of nitrogens with zero attached hydrogens (tertiary/aromatic N) is 2. The molecule has 1 amide bonds. The quantitative estimate of drug-likeness (QED) is 0.724. The molecule has 1 heterocycles. The molecule has 0 radical (unpaired) electrons. The fraction of sp³-hybridized carbons (Fsp3) is 0.545. The molecule has 0 spiro atoms. The molecule has 18 heavy (non-hydrogen) atoms. The maximum absolute atomic E-state index is 11.5. The van der Waals surface area contributed by atoms with Crippen molar-refractivity contribution < 1.29 is 4.79 Å². The lowest BCUT2D eigenvalue weighted by Crippen LogP contribution is -2.31. The Morgan fingerprint density at radius 2 is 2.28 bits per heavy atom. The van der Waals surface area contributed by atoms with E-state index in [9.17, 15) is 4.79 Å². The highest BCUT2D eigenvalue weighted by Gasteiger charge is 2.23. The first kappa shape index (κ1) is 12.9. The molecule has 1 aliphatic rings. The number of anilines is 2. The van der Waals surface area contributed by atoms with Crippen LogP contribution in [0.25, 0.3) is 0 Å². The molecule has 1 aromatic heterocycles. The van der Waals surface area contributed by atoms with Gasteiger partial charge in [-0.3, -0.25) is 4.79 Å². The van der Waals surface area contributed by atoms with Crippen LogP contribution in [0.2, 0.25) is 5.02 Å². The second kappa shape index (κ2) is 5.86. The van der Waals surface area contributed by atoms with Gasteiger partial charge in [0.05, 0.1) is 12.7 Å². The first-order valence-electron chi connectivity index (χ1n) is 5.98. The van der Waals surface area contributed by atoms with Crippen LogP contribution in [0.4, 0.5) is 11.8 Å². The lowest BCUT2D eigenvalue weighted by atomic mass is 10.5. The third kappa shape index (κ3) is 3.73. The highest BCUT2D eigenvalue weighted by atomic mass is 35.5. The van der Waals surface area contributed by atoms with Crippen LogP contribution in [-0.2, 0) is 4.79 Å². The van der Waals surface area contributed by atoms with Crippen molar-refractivity contribution in [1.82, 2.24) is 15.3 Å². The predicted octanol–water partition coefficient (Wildman–Crippen LogP) is 1.25. The lowest BCUT2D eigenvalue weighted by molar-refractivity contribution is -0.119. The third-order valence-corrected chi connectivity index (χ3v) is 2.71. The summed E-state index contributed by atoms with van der Waals surface area (Å²) >= 11 is 5.95. The number of hydrogen-bond acceptors (Lipinski definition) is 5. The Hall–Kier alpha value is -1.56. The Labute approximate surface area is 111 Å². The van der Waals surface area contributed by atoms with E-state index < -0.39 is 0 Å². The summed E-state index contributed by atoms with van der Waals surface area (Å²) in [6, 6.07) is 0.359. The van der Waals surface area contributed by atoms with E-state index in [1.807, 2.05) is 6.92 Å². The number of rotatable bonds is 6. The molecular formula is C11H16ClN5O. The van der Waals surface area contributed by atoms with Crippen LogP contribution in [0.3, 0.4) is 0 Å². The van der Waals surface area contributed by atoms with Gasteiger partial charge in [-0.15, -0.1) is 0 Å². The maximum atomic E-state index is 11.5. The molecule has 1 aromatic rings. The third-order valence-electron chi connectivity index (χ3n) is 2.44. The summed E-state index contributed by atoms with van der Waals surface area (Å²) in [6.07, 6.45) is 3.66. The van der Waals surface area contributed by atoms with Gasteiger partial charge in [-0.25, -0.2) is 4.98 Å². The number of aromatic nitrogens is 2. The summed E-state index contributed by atoms with van der Waals surface area (Å²) < 4.78 is 0. The first-order valence-corrected chi connectivity index (χ1v) is 6.36. The zero-order valence-electron chi connectivity index (χ0n) is 10.2. The molecule has 7 heteroatoms. The molecule has 0 aliphatic heterocycles. The minimum absolute atomic E-state index is 0.0443. The van der Waals surface area contributed by atoms with E-state index in [0.717, 1.165) is 19.4 Å². The first-order chi connectivity index (χ1) is 8.69. The summed E-state index contributed by atoms with van der Waals surface area (Å²) in [5, 5.41) is 9.17. The molecule has 1 aliphatic carbocycles. The minimum Gasteiger partial charge on any atom is -0.360 e. The summed E-state index contributed by atoms with van der Waals surface area (Å²) in [5.74, 6) is 0.915. The molecule has 98 valence electrons. The van der Waals surface area contributed by atoms with Crippen LogP contribution in [0.15, 0.2) is 6.20 Å². The largest absolute Gasteiger partial charge is 0.360 e. The second-order valence-corrected chi connectivity index (χ2v) is 4.52. The van der Waals surface area contributed by atoms with Gasteiger partial charge in [-0.2, -0.15) is 4.98 Å². The molecular weight excluding hydrogens is 254 g/mol. The zero-order chi connectivity index (χ0) is 13.0. The molecule has 0 atom stereocenters. The monoisotopic (exact) mass is 269 g/mol. The lowest BCUT2D eigenvalue weighted by Gasteiger charge is -2.09. The van der Waals surface area contributed by atoms with E-state index in [1.165, 1.54) is 6.20 Å². The molecule has 1 fully saturated rings. The number of hydrogen-bond donors (Lipinski definition) is 3. The van der Waals surface area contributed by atoms with Gasteiger partial charge < -0.3 is 16.0 Å². The minimum atomic E-state index is -0.0443. The number of carbonyl (C=O) groups excluding carboxylic acids is 1. The van der Waals surface area contributed by atoms with Gasteiger partial charge in [0, 0.05) is 12.6 Å². The van der Waals surface area contributed by atoms with Gasteiger partial charge in [-0.05, 0) is 19.8 Å². The normalized spacial score (nSPS) is 14.1. The van der Waals surface area contributed by atoms with E-state index in [-0.39, 0.29) is 12.5 Å². The smallest absolute Gasteiger partial charge is 0.239 e. The Morgan fingerprint density at radius 1 is 1.50 bits per heavy atom. The van der Waals surface area contributed by atoms with Crippen molar-refractivity contribution in [3.05, 3.63) is 11.2 Å². The Morgan fingerprint density at radius 3 is 2.94 bits per heavy atom. The average Bonchev–Trinajstić information content (AvgIpc) is 3.14. The SMILES string of the molecule is CCNc1ncc(Cl)c(NCC(=O)NC2CC2)n1. The summed E-state index contributed by atoms with van der Waals surface area (Å²) in [6.45, 7) is 2.84. The Kier molecular flexibility index (Phi) is 4.19. The van der Waals surface area contributed by atoms with E-state index >= 15 is 0 Å². The highest BCUT2D eigenvalue weighted by Crippen LogP contribution is 2.20. The van der Waals surface area contributed by atoms with Crippen LogP contribution in [0.5, 0.6) is 0 Å². The number of amides is 1. The fourth-order valence-corrected chi connectivity index (χ4v) is 1.56. The molecule has 0 bridgehead atoms. The second-order valence-electron chi connectivity index (χ2n) is 4.12. The number of nitrogens with one attached hydrogen (secondary N) is 3. The van der Waals surface area contributed by atoms with Gasteiger partial charge in [0.1, 0.15) is 5.02 Å². The van der Waals surface area contributed by atoms with Gasteiger partial charge in [-0.1, -0.05) is 11.6 Å². The average molecular weight is 270 g/mol. The maximum Gasteiger partial charge on any atom is 0.239 e. The van der Waals surface area contributed by atoms with Gasteiger partial charge in [0.15, 0.2) is 5.82 Å². The highest BCUT2D eigenvalue weighted by molar-refractivity contribution is 6.32. The van der Waals surface area contributed by atoms with Crippen molar-refractivity contribution in [2.24, 2.45) is 0 Å². The Balaban J connectivity index is 1.90. The summed E-state index contributed by atoms with van der Waals surface area (Å²) in [4.78, 5) is 19.7.